The van der Waals surface area contributed by atoms with E-state index in [-0.39, 0.29) is 17.1 Å². The molecule has 0 radical (unpaired) electrons. The van der Waals surface area contributed by atoms with E-state index in [4.69, 9.17) is 4.74 Å². The van der Waals surface area contributed by atoms with Crippen LogP contribution in [0.5, 0.6) is 5.75 Å². The molecule has 0 aliphatic heterocycles. The lowest BCUT2D eigenvalue weighted by Crippen LogP contribution is -2.41. The van der Waals surface area contributed by atoms with E-state index in [0.29, 0.717) is 11.6 Å². The van der Waals surface area contributed by atoms with Crippen molar-refractivity contribution in [1.29, 1.82) is 0 Å². The van der Waals surface area contributed by atoms with Gasteiger partial charge in [0.05, 0.1) is 7.11 Å². The second-order valence-corrected chi connectivity index (χ2v) is 6.44. The van der Waals surface area contributed by atoms with Crippen LogP contribution in [0, 0.1) is 6.92 Å². The van der Waals surface area contributed by atoms with Crippen LogP contribution in [-0.4, -0.2) is 23.5 Å². The maximum absolute atomic E-state index is 12.4. The molecule has 2 aromatic rings. The Morgan fingerprint density at radius 3 is 2.30 bits per heavy atom. The van der Waals surface area contributed by atoms with E-state index in [1.807, 2.05) is 52.0 Å². The van der Waals surface area contributed by atoms with Gasteiger partial charge in [-0.2, -0.15) is 0 Å². The van der Waals surface area contributed by atoms with E-state index in [1.54, 1.807) is 12.1 Å². The highest BCUT2D eigenvalue weighted by Gasteiger charge is 2.20. The van der Waals surface area contributed by atoms with E-state index in [9.17, 15) is 4.79 Å². The van der Waals surface area contributed by atoms with Crippen molar-refractivity contribution < 1.29 is 9.53 Å². The molecule has 1 aromatic carbocycles. The SMILES string of the molecule is COc1ccc(Nc2ccc(C)cc2)nc1C(=O)NC(C)(C)C. The quantitative estimate of drug-likeness (QED) is 0.904. The van der Waals surface area contributed by atoms with Gasteiger partial charge in [0.1, 0.15) is 11.6 Å². The van der Waals surface area contributed by atoms with Gasteiger partial charge in [0.25, 0.3) is 5.91 Å². The molecule has 0 saturated carbocycles. The molecule has 1 heterocycles. The van der Waals surface area contributed by atoms with Gasteiger partial charge in [-0.15, -0.1) is 0 Å². The van der Waals surface area contributed by atoms with Gasteiger partial charge in [0, 0.05) is 11.2 Å². The monoisotopic (exact) mass is 313 g/mol. The number of aryl methyl sites for hydroxylation is 1. The van der Waals surface area contributed by atoms with Crippen LogP contribution in [0.15, 0.2) is 36.4 Å². The van der Waals surface area contributed by atoms with Crippen LogP contribution in [0.3, 0.4) is 0 Å². The number of rotatable bonds is 4. The first kappa shape index (κ1) is 16.8. The molecule has 2 rings (SSSR count). The van der Waals surface area contributed by atoms with Crippen LogP contribution < -0.4 is 15.4 Å². The van der Waals surface area contributed by atoms with Crippen molar-refractivity contribution in [2.24, 2.45) is 0 Å². The summed E-state index contributed by atoms with van der Waals surface area (Å²) in [5, 5.41) is 6.09. The van der Waals surface area contributed by atoms with Gasteiger partial charge in [-0.05, 0) is 52.0 Å². The van der Waals surface area contributed by atoms with E-state index in [1.165, 1.54) is 12.7 Å². The predicted molar refractivity (Wildman–Crippen MR) is 92.5 cm³/mol. The van der Waals surface area contributed by atoms with Gasteiger partial charge in [0.15, 0.2) is 5.69 Å². The average Bonchev–Trinajstić information content (AvgIpc) is 2.48. The Labute approximate surface area is 137 Å². The molecule has 1 aromatic heterocycles. The lowest BCUT2D eigenvalue weighted by Gasteiger charge is -2.21. The van der Waals surface area contributed by atoms with Crippen LogP contribution in [0.4, 0.5) is 11.5 Å². The molecule has 0 bridgehead atoms. The summed E-state index contributed by atoms with van der Waals surface area (Å²) in [5.74, 6) is 0.775. The number of hydrogen-bond donors (Lipinski definition) is 2. The Hall–Kier alpha value is -2.56. The van der Waals surface area contributed by atoms with Crippen LogP contribution in [0.1, 0.15) is 36.8 Å². The third kappa shape index (κ3) is 4.71. The summed E-state index contributed by atoms with van der Waals surface area (Å²) in [5.41, 5.74) is 2.02. The minimum absolute atomic E-state index is 0.262. The Morgan fingerprint density at radius 2 is 1.74 bits per heavy atom. The highest BCUT2D eigenvalue weighted by Crippen LogP contribution is 2.22. The van der Waals surface area contributed by atoms with E-state index in [0.717, 1.165) is 5.69 Å². The summed E-state index contributed by atoms with van der Waals surface area (Å²) in [6.07, 6.45) is 0. The second kappa shape index (κ2) is 6.69. The molecule has 5 nitrogen and oxygen atoms in total. The van der Waals surface area contributed by atoms with Gasteiger partial charge >= 0.3 is 0 Å². The molecule has 0 unspecified atom stereocenters. The summed E-state index contributed by atoms with van der Waals surface area (Å²) < 4.78 is 5.25. The largest absolute Gasteiger partial charge is 0.494 e. The average molecular weight is 313 g/mol. The number of nitrogens with one attached hydrogen (secondary N) is 2. The summed E-state index contributed by atoms with van der Waals surface area (Å²) >= 11 is 0. The molecule has 2 N–H and O–H groups in total. The normalized spacial score (nSPS) is 11.0. The Bertz CT molecular complexity index is 688. The smallest absolute Gasteiger partial charge is 0.274 e. The lowest BCUT2D eigenvalue weighted by molar-refractivity contribution is 0.0911. The van der Waals surface area contributed by atoms with E-state index < -0.39 is 0 Å². The molecule has 23 heavy (non-hydrogen) atoms. The second-order valence-electron chi connectivity index (χ2n) is 6.44. The third-order valence-corrected chi connectivity index (χ3v) is 3.11. The maximum Gasteiger partial charge on any atom is 0.274 e. The first-order valence-electron chi connectivity index (χ1n) is 7.50. The Kier molecular flexibility index (Phi) is 4.89. The van der Waals surface area contributed by atoms with E-state index in [2.05, 4.69) is 15.6 Å². The Morgan fingerprint density at radius 1 is 1.09 bits per heavy atom. The molecule has 1 amide bonds. The van der Waals surface area contributed by atoms with Crippen LogP contribution in [-0.2, 0) is 0 Å². The fourth-order valence-corrected chi connectivity index (χ4v) is 2.03. The van der Waals surface area contributed by atoms with Crippen LogP contribution >= 0.6 is 0 Å². The standard InChI is InChI=1S/C18H23N3O2/c1-12-6-8-13(9-7-12)19-15-11-10-14(23-5)16(20-15)17(22)21-18(2,3)4/h6-11H,1-5H3,(H,19,20)(H,21,22). The number of benzene rings is 1. The zero-order valence-electron chi connectivity index (χ0n) is 14.2. The summed E-state index contributed by atoms with van der Waals surface area (Å²) in [7, 11) is 1.53. The minimum Gasteiger partial charge on any atom is -0.494 e. The summed E-state index contributed by atoms with van der Waals surface area (Å²) in [6.45, 7) is 7.80. The summed E-state index contributed by atoms with van der Waals surface area (Å²) in [6, 6.07) is 11.5. The first-order chi connectivity index (χ1) is 10.8. The maximum atomic E-state index is 12.4. The fraction of sp³-hybridized carbons (Fsp3) is 0.333. The number of aromatic nitrogens is 1. The molecule has 5 heteroatoms. The molecule has 0 saturated heterocycles. The van der Waals surface area contributed by atoms with Gasteiger partial charge in [0.2, 0.25) is 0 Å². The molecule has 122 valence electrons. The van der Waals surface area contributed by atoms with Gasteiger partial charge in [-0.25, -0.2) is 4.98 Å². The summed E-state index contributed by atoms with van der Waals surface area (Å²) in [4.78, 5) is 16.8. The number of carbonyl (C=O) groups is 1. The zero-order valence-corrected chi connectivity index (χ0v) is 14.2. The van der Waals surface area contributed by atoms with Crippen molar-refractivity contribution in [3.8, 4) is 5.75 Å². The highest BCUT2D eigenvalue weighted by atomic mass is 16.5. The zero-order chi connectivity index (χ0) is 17.0. The minimum atomic E-state index is -0.343. The first-order valence-corrected chi connectivity index (χ1v) is 7.50. The number of anilines is 2. The predicted octanol–water partition coefficient (Wildman–Crippen LogP) is 3.67. The van der Waals surface area contributed by atoms with Crippen LogP contribution in [0.2, 0.25) is 0 Å². The molecule has 0 fully saturated rings. The highest BCUT2D eigenvalue weighted by molar-refractivity contribution is 5.95. The van der Waals surface area contributed by atoms with Crippen molar-refractivity contribution in [1.82, 2.24) is 10.3 Å². The molecular weight excluding hydrogens is 290 g/mol. The van der Waals surface area contributed by atoms with Gasteiger partial charge < -0.3 is 15.4 Å². The van der Waals surface area contributed by atoms with Crippen molar-refractivity contribution in [3.05, 3.63) is 47.7 Å². The third-order valence-electron chi connectivity index (χ3n) is 3.11. The number of nitrogens with zero attached hydrogens (tertiary/aromatic N) is 1. The van der Waals surface area contributed by atoms with Gasteiger partial charge in [-0.1, -0.05) is 17.7 Å². The van der Waals surface area contributed by atoms with Crippen molar-refractivity contribution >= 4 is 17.4 Å². The molecule has 0 aliphatic carbocycles. The molecule has 0 atom stereocenters. The topological polar surface area (TPSA) is 63.2 Å². The molecular formula is C18H23N3O2. The fourth-order valence-electron chi connectivity index (χ4n) is 2.03. The van der Waals surface area contributed by atoms with Crippen molar-refractivity contribution in [2.45, 2.75) is 33.2 Å². The number of ether oxygens (including phenoxy) is 1. The van der Waals surface area contributed by atoms with E-state index >= 15 is 0 Å². The molecule has 0 aliphatic rings. The number of hydrogen-bond acceptors (Lipinski definition) is 4. The lowest BCUT2D eigenvalue weighted by atomic mass is 10.1. The Balaban J connectivity index is 2.27. The van der Waals surface area contributed by atoms with Crippen molar-refractivity contribution in [3.63, 3.8) is 0 Å². The number of pyridine rings is 1. The number of amides is 1. The number of carbonyl (C=O) groups excluding carboxylic acids is 1. The number of methoxy groups -OCH3 is 1. The van der Waals surface area contributed by atoms with Crippen LogP contribution in [0.25, 0.3) is 0 Å². The molecule has 0 spiro atoms. The van der Waals surface area contributed by atoms with Crippen molar-refractivity contribution in [2.75, 3.05) is 12.4 Å². The van der Waals surface area contributed by atoms with Gasteiger partial charge in [-0.3, -0.25) is 4.79 Å².